The van der Waals surface area contributed by atoms with E-state index in [9.17, 15) is 9.59 Å². The number of nitrogens with zero attached hydrogens (tertiary/aromatic N) is 1. The molecule has 1 spiro atoms. The van der Waals surface area contributed by atoms with Crippen LogP contribution in [0.15, 0.2) is 42.1 Å². The third kappa shape index (κ3) is 4.57. The van der Waals surface area contributed by atoms with E-state index in [4.69, 9.17) is 31.5 Å². The number of amides is 2. The van der Waals surface area contributed by atoms with E-state index in [-0.39, 0.29) is 47.1 Å². The van der Waals surface area contributed by atoms with Crippen LogP contribution >= 0.6 is 11.6 Å². The van der Waals surface area contributed by atoms with Crippen molar-refractivity contribution in [2.45, 2.75) is 37.8 Å². The van der Waals surface area contributed by atoms with Gasteiger partial charge in [0.2, 0.25) is 6.79 Å². The first-order chi connectivity index (χ1) is 17.8. The van der Waals surface area contributed by atoms with Crippen LogP contribution < -0.4 is 25.5 Å². The van der Waals surface area contributed by atoms with Crippen molar-refractivity contribution in [2.75, 3.05) is 25.2 Å². The van der Waals surface area contributed by atoms with Gasteiger partial charge in [0.1, 0.15) is 5.57 Å². The van der Waals surface area contributed by atoms with Crippen LogP contribution in [0.2, 0.25) is 5.02 Å². The van der Waals surface area contributed by atoms with Crippen LogP contribution in [0.25, 0.3) is 0 Å². The van der Waals surface area contributed by atoms with Gasteiger partial charge in [-0.25, -0.2) is 14.2 Å². The Morgan fingerprint density at radius 3 is 2.92 bits per heavy atom. The van der Waals surface area contributed by atoms with Crippen molar-refractivity contribution in [3.05, 3.63) is 64.1 Å². The van der Waals surface area contributed by atoms with Crippen LogP contribution in [0.4, 0.5) is 14.9 Å². The second kappa shape index (κ2) is 9.93. The average molecular weight is 530 g/mol. The molecule has 2 atom stereocenters. The number of carbonyl (C=O) groups is 2. The Bertz CT molecular complexity index is 1320. The van der Waals surface area contributed by atoms with Gasteiger partial charge in [-0.15, -0.1) is 0 Å². The number of benzene rings is 2. The maximum atomic E-state index is 15.2. The smallest absolute Gasteiger partial charge is 0.412 e. The summed E-state index contributed by atoms with van der Waals surface area (Å²) in [5, 5.41) is 2.43. The van der Waals surface area contributed by atoms with E-state index in [1.54, 1.807) is 6.21 Å². The predicted octanol–water partition coefficient (Wildman–Crippen LogP) is 2.73. The van der Waals surface area contributed by atoms with E-state index in [0.29, 0.717) is 30.9 Å². The Morgan fingerprint density at radius 1 is 1.32 bits per heavy atom. The van der Waals surface area contributed by atoms with Gasteiger partial charge in [0.25, 0.3) is 5.91 Å². The highest BCUT2D eigenvalue weighted by Crippen LogP contribution is 2.45. The number of rotatable bonds is 5. The molecule has 3 heterocycles. The van der Waals surface area contributed by atoms with Gasteiger partial charge in [0.15, 0.2) is 35.2 Å². The van der Waals surface area contributed by atoms with Crippen molar-refractivity contribution in [3.8, 4) is 11.5 Å². The quantitative estimate of drug-likeness (QED) is 0.405. The van der Waals surface area contributed by atoms with E-state index in [1.165, 1.54) is 23.2 Å². The minimum atomic E-state index is -1.36. The number of piperidine rings is 1. The molecule has 3 aliphatic rings. The SMILES string of the molecule is CCC([NH+]=C/C(=C\N)C(=O)N1CCC[C@@]2(C1)OC(=O)Nc1ccc(Cl)c(F)c12)c1ccc2c(c1)OCO2. The molecule has 5 rings (SSSR count). The first kappa shape index (κ1) is 24.9. The summed E-state index contributed by atoms with van der Waals surface area (Å²) in [5.74, 6) is 0.322. The summed E-state index contributed by atoms with van der Waals surface area (Å²) in [6.07, 6.45) is 3.66. The van der Waals surface area contributed by atoms with Crippen LogP contribution in [-0.2, 0) is 15.1 Å². The van der Waals surface area contributed by atoms with Crippen molar-refractivity contribution in [2.24, 2.45) is 5.73 Å². The molecule has 2 aromatic rings. The Labute approximate surface area is 218 Å². The lowest BCUT2D eigenvalue weighted by atomic mass is 9.83. The molecule has 37 heavy (non-hydrogen) atoms. The fourth-order valence-electron chi connectivity index (χ4n) is 5.08. The number of hydrogen-bond acceptors (Lipinski definition) is 6. The van der Waals surface area contributed by atoms with Gasteiger partial charge in [0.05, 0.1) is 22.8 Å². The number of nitrogens with two attached hydrogens (primary N) is 1. The highest BCUT2D eigenvalue weighted by atomic mass is 35.5. The molecular weight excluding hydrogens is 503 g/mol. The Hall–Kier alpha value is -3.79. The maximum Gasteiger partial charge on any atom is 0.412 e. The summed E-state index contributed by atoms with van der Waals surface area (Å²) in [6.45, 7) is 2.56. The zero-order chi connectivity index (χ0) is 26.2. The average Bonchev–Trinajstić information content (AvgIpc) is 3.36. The number of nitrogens with one attached hydrogen (secondary N) is 2. The number of fused-ring (bicyclic) bond motifs is 3. The molecule has 4 N–H and O–H groups in total. The lowest BCUT2D eigenvalue weighted by Gasteiger charge is -2.45. The summed E-state index contributed by atoms with van der Waals surface area (Å²) < 4.78 is 31.6. The molecular formula is C26H27ClFN4O5+. The highest BCUT2D eigenvalue weighted by Gasteiger charge is 2.48. The third-order valence-electron chi connectivity index (χ3n) is 6.89. The van der Waals surface area contributed by atoms with Crippen molar-refractivity contribution in [3.63, 3.8) is 0 Å². The summed E-state index contributed by atoms with van der Waals surface area (Å²) in [6, 6.07) is 8.49. The minimum Gasteiger partial charge on any atom is -0.454 e. The minimum absolute atomic E-state index is 0.0337. The van der Waals surface area contributed by atoms with Gasteiger partial charge in [-0.1, -0.05) is 18.5 Å². The lowest BCUT2D eigenvalue weighted by Crippen LogP contribution is -2.71. The lowest BCUT2D eigenvalue weighted by molar-refractivity contribution is -0.505. The first-order valence-corrected chi connectivity index (χ1v) is 12.4. The second-order valence-electron chi connectivity index (χ2n) is 9.13. The van der Waals surface area contributed by atoms with Crippen molar-refractivity contribution in [1.29, 1.82) is 0 Å². The molecule has 0 radical (unpaired) electrons. The first-order valence-electron chi connectivity index (χ1n) is 12.0. The molecule has 194 valence electrons. The third-order valence-corrected chi connectivity index (χ3v) is 7.18. The monoisotopic (exact) mass is 529 g/mol. The molecule has 1 unspecified atom stereocenters. The van der Waals surface area contributed by atoms with Crippen LogP contribution in [0.1, 0.15) is 43.4 Å². The second-order valence-corrected chi connectivity index (χ2v) is 9.54. The van der Waals surface area contributed by atoms with E-state index in [0.717, 1.165) is 12.0 Å². The number of likely N-dealkylation sites (tertiary alicyclic amines) is 1. The van der Waals surface area contributed by atoms with Crippen LogP contribution in [0, 0.1) is 5.82 Å². The predicted molar refractivity (Wildman–Crippen MR) is 134 cm³/mol. The van der Waals surface area contributed by atoms with E-state index in [1.807, 2.05) is 25.1 Å². The van der Waals surface area contributed by atoms with Gasteiger partial charge in [-0.2, -0.15) is 0 Å². The van der Waals surface area contributed by atoms with E-state index >= 15 is 4.39 Å². The zero-order valence-electron chi connectivity index (χ0n) is 20.2. The molecule has 0 bridgehead atoms. The Morgan fingerprint density at radius 2 is 2.14 bits per heavy atom. The largest absolute Gasteiger partial charge is 0.454 e. The molecule has 9 nitrogen and oxygen atoms in total. The van der Waals surface area contributed by atoms with Crippen LogP contribution in [0.3, 0.4) is 0 Å². The molecule has 11 heteroatoms. The molecule has 0 aromatic heterocycles. The molecule has 0 saturated carbocycles. The number of anilines is 1. The standard InChI is InChI=1S/C26H26ClFN4O5/c1-2-18(15-4-7-20-21(10-15)36-14-35-20)30-12-16(11-29)24(33)32-9-3-8-26(13-32)22-19(31-25(34)37-26)6-5-17(27)23(22)28/h4-7,10-12,18H,2-3,8-9,13-14,29H2,1H3,(H,31,34)/p+1/b16-11+,30-12?/t18?,26-/m0/s1. The molecule has 2 amide bonds. The fourth-order valence-corrected chi connectivity index (χ4v) is 5.24. The highest BCUT2D eigenvalue weighted by molar-refractivity contribution is 6.31. The number of halogens is 2. The van der Waals surface area contributed by atoms with Crippen molar-refractivity contribution in [1.82, 2.24) is 4.90 Å². The van der Waals surface area contributed by atoms with E-state index < -0.39 is 17.5 Å². The van der Waals surface area contributed by atoms with Gasteiger partial charge in [-0.3, -0.25) is 10.1 Å². The van der Waals surface area contributed by atoms with Gasteiger partial charge in [0, 0.05) is 24.7 Å². The summed E-state index contributed by atoms with van der Waals surface area (Å²) >= 11 is 6.05. The van der Waals surface area contributed by atoms with Crippen LogP contribution in [0.5, 0.6) is 11.5 Å². The summed E-state index contributed by atoms with van der Waals surface area (Å²) in [7, 11) is 0. The fraction of sp³-hybridized carbons (Fsp3) is 0.346. The van der Waals surface area contributed by atoms with Crippen LogP contribution in [-0.4, -0.2) is 43.0 Å². The molecule has 1 saturated heterocycles. The van der Waals surface area contributed by atoms with Gasteiger partial charge >= 0.3 is 6.09 Å². The number of ether oxygens (including phenoxy) is 3. The van der Waals surface area contributed by atoms with E-state index in [2.05, 4.69) is 10.3 Å². The molecule has 1 fully saturated rings. The summed E-state index contributed by atoms with van der Waals surface area (Å²) in [5.41, 5.74) is 6.11. The topological polar surface area (TPSA) is 117 Å². The van der Waals surface area contributed by atoms with Crippen molar-refractivity contribution >= 4 is 35.5 Å². The van der Waals surface area contributed by atoms with Gasteiger partial charge in [-0.05, 0) is 43.2 Å². The maximum absolute atomic E-state index is 15.2. The number of carbonyl (C=O) groups excluding carboxylic acids is 2. The molecule has 0 aliphatic carbocycles. The normalized spacial score (nSPS) is 21.5. The Balaban J connectivity index is 1.38. The van der Waals surface area contributed by atoms with Gasteiger partial charge < -0.3 is 24.8 Å². The summed E-state index contributed by atoms with van der Waals surface area (Å²) in [4.78, 5) is 30.6. The molecule has 2 aromatic carbocycles. The molecule has 3 aliphatic heterocycles. The van der Waals surface area contributed by atoms with Crippen molar-refractivity contribution < 1.29 is 33.2 Å². The zero-order valence-corrected chi connectivity index (χ0v) is 20.9. The Kier molecular flexibility index (Phi) is 6.68. The number of hydrogen-bond donors (Lipinski definition) is 3.